The van der Waals surface area contributed by atoms with Crippen molar-refractivity contribution in [2.45, 2.75) is 46.3 Å². The molecule has 1 rings (SSSR count). The largest absolute Gasteiger partial charge is 0.390 e. The first-order chi connectivity index (χ1) is 6.89. The minimum Gasteiger partial charge on any atom is -0.390 e. The van der Waals surface area contributed by atoms with Crippen LogP contribution in [0.3, 0.4) is 0 Å². The Bertz CT molecular complexity index is 192. The summed E-state index contributed by atoms with van der Waals surface area (Å²) < 4.78 is 0. The number of hydrogen-bond acceptors (Lipinski definition) is 3. The van der Waals surface area contributed by atoms with Crippen LogP contribution in [0.2, 0.25) is 0 Å². The number of aliphatic hydroxyl groups is 1. The molecular weight excluding hydrogens is 188 g/mol. The van der Waals surface area contributed by atoms with E-state index in [9.17, 15) is 5.11 Å². The highest BCUT2D eigenvalue weighted by Crippen LogP contribution is 2.28. The van der Waals surface area contributed by atoms with Crippen molar-refractivity contribution in [3.05, 3.63) is 0 Å². The fourth-order valence-corrected chi connectivity index (χ4v) is 2.11. The average Bonchev–Trinajstić information content (AvgIpc) is 2.42. The topological polar surface area (TPSA) is 35.5 Å². The molecule has 0 bridgehead atoms. The van der Waals surface area contributed by atoms with E-state index in [1.165, 1.54) is 6.42 Å². The van der Waals surface area contributed by atoms with E-state index in [-0.39, 0.29) is 6.10 Å². The summed E-state index contributed by atoms with van der Waals surface area (Å²) in [6.45, 7) is 12.6. The first-order valence-electron chi connectivity index (χ1n) is 6.03. The van der Waals surface area contributed by atoms with Crippen molar-refractivity contribution in [1.29, 1.82) is 0 Å². The van der Waals surface area contributed by atoms with Gasteiger partial charge in [-0.25, -0.2) is 0 Å². The molecule has 90 valence electrons. The van der Waals surface area contributed by atoms with E-state index in [2.05, 4.69) is 37.9 Å². The van der Waals surface area contributed by atoms with Crippen LogP contribution in [-0.4, -0.2) is 48.3 Å². The van der Waals surface area contributed by atoms with Crippen molar-refractivity contribution in [3.8, 4) is 0 Å². The van der Waals surface area contributed by atoms with Gasteiger partial charge in [0, 0.05) is 25.7 Å². The number of aliphatic hydroxyl groups excluding tert-OH is 1. The molecule has 1 aliphatic rings. The zero-order chi connectivity index (χ0) is 11.5. The molecule has 1 saturated heterocycles. The zero-order valence-electron chi connectivity index (χ0n) is 10.6. The van der Waals surface area contributed by atoms with Crippen molar-refractivity contribution < 1.29 is 5.11 Å². The molecule has 0 aromatic rings. The minimum absolute atomic E-state index is 0.235. The monoisotopic (exact) mass is 214 g/mol. The first-order valence-corrected chi connectivity index (χ1v) is 6.03. The summed E-state index contributed by atoms with van der Waals surface area (Å²) in [6.07, 6.45) is 1.01. The standard InChI is InChI=1S/C12H26N2O/c1-10(2)13-7-11(15)8-14-6-5-12(3,4)9-14/h10-11,13,15H,5-9H2,1-4H3. The molecule has 3 nitrogen and oxygen atoms in total. The Labute approximate surface area is 93.9 Å². The van der Waals surface area contributed by atoms with E-state index in [1.54, 1.807) is 0 Å². The van der Waals surface area contributed by atoms with Crippen LogP contribution in [0.5, 0.6) is 0 Å². The lowest BCUT2D eigenvalue weighted by Crippen LogP contribution is -2.39. The van der Waals surface area contributed by atoms with Crippen LogP contribution in [0.4, 0.5) is 0 Å². The van der Waals surface area contributed by atoms with Crippen molar-refractivity contribution in [2.24, 2.45) is 5.41 Å². The number of hydrogen-bond donors (Lipinski definition) is 2. The molecule has 0 aromatic heterocycles. The number of rotatable bonds is 5. The van der Waals surface area contributed by atoms with Gasteiger partial charge in [0.05, 0.1) is 6.10 Å². The smallest absolute Gasteiger partial charge is 0.0791 e. The quantitative estimate of drug-likeness (QED) is 0.719. The summed E-state index contributed by atoms with van der Waals surface area (Å²) in [5.74, 6) is 0. The van der Waals surface area contributed by atoms with Crippen LogP contribution in [0.25, 0.3) is 0 Å². The molecule has 0 spiro atoms. The normalized spacial score (nSPS) is 23.6. The van der Waals surface area contributed by atoms with Gasteiger partial charge in [0.25, 0.3) is 0 Å². The number of likely N-dealkylation sites (tertiary alicyclic amines) is 1. The predicted octanol–water partition coefficient (Wildman–Crippen LogP) is 1.08. The Morgan fingerprint density at radius 2 is 2.07 bits per heavy atom. The molecule has 1 unspecified atom stereocenters. The van der Waals surface area contributed by atoms with Crippen LogP contribution < -0.4 is 5.32 Å². The van der Waals surface area contributed by atoms with Crippen molar-refractivity contribution >= 4 is 0 Å². The SMILES string of the molecule is CC(C)NCC(O)CN1CCC(C)(C)C1. The highest BCUT2D eigenvalue weighted by atomic mass is 16.3. The lowest BCUT2D eigenvalue weighted by atomic mass is 9.93. The second kappa shape index (κ2) is 5.28. The van der Waals surface area contributed by atoms with Gasteiger partial charge >= 0.3 is 0 Å². The fourth-order valence-electron chi connectivity index (χ4n) is 2.11. The van der Waals surface area contributed by atoms with E-state index in [0.717, 1.165) is 19.6 Å². The number of β-amino-alcohol motifs (C(OH)–C–C–N with tert-alkyl or cyclic N) is 1. The molecule has 0 amide bonds. The van der Waals surface area contributed by atoms with Crippen molar-refractivity contribution in [1.82, 2.24) is 10.2 Å². The second-order valence-corrected chi connectivity index (χ2v) is 5.87. The highest BCUT2D eigenvalue weighted by Gasteiger charge is 2.29. The molecular formula is C12H26N2O. The summed E-state index contributed by atoms with van der Waals surface area (Å²) in [5.41, 5.74) is 0.436. The molecule has 2 N–H and O–H groups in total. The molecule has 15 heavy (non-hydrogen) atoms. The van der Waals surface area contributed by atoms with Crippen molar-refractivity contribution in [2.75, 3.05) is 26.2 Å². The van der Waals surface area contributed by atoms with Crippen LogP contribution in [0.15, 0.2) is 0 Å². The molecule has 3 heteroatoms. The fraction of sp³-hybridized carbons (Fsp3) is 1.00. The van der Waals surface area contributed by atoms with Gasteiger partial charge in [-0.05, 0) is 18.4 Å². The summed E-state index contributed by atoms with van der Waals surface area (Å²) in [6, 6.07) is 0.453. The van der Waals surface area contributed by atoms with Crippen LogP contribution in [0, 0.1) is 5.41 Å². The van der Waals surface area contributed by atoms with Gasteiger partial charge in [-0.15, -0.1) is 0 Å². The molecule has 0 saturated carbocycles. The number of nitrogens with zero attached hydrogens (tertiary/aromatic N) is 1. The number of nitrogens with one attached hydrogen (secondary N) is 1. The third-order valence-electron chi connectivity index (χ3n) is 2.99. The highest BCUT2D eigenvalue weighted by molar-refractivity contribution is 4.83. The van der Waals surface area contributed by atoms with Crippen molar-refractivity contribution in [3.63, 3.8) is 0 Å². The van der Waals surface area contributed by atoms with Gasteiger partial charge in [-0.2, -0.15) is 0 Å². The molecule has 0 aliphatic carbocycles. The van der Waals surface area contributed by atoms with E-state index in [4.69, 9.17) is 0 Å². The summed E-state index contributed by atoms with van der Waals surface area (Å²) in [4.78, 5) is 2.37. The summed E-state index contributed by atoms with van der Waals surface area (Å²) in [5, 5.41) is 13.1. The summed E-state index contributed by atoms with van der Waals surface area (Å²) in [7, 11) is 0. The maximum atomic E-state index is 9.82. The molecule has 0 aromatic carbocycles. The Kier molecular flexibility index (Phi) is 4.56. The molecule has 1 aliphatic heterocycles. The van der Waals surface area contributed by atoms with Gasteiger partial charge in [0.15, 0.2) is 0 Å². The van der Waals surface area contributed by atoms with Crippen LogP contribution in [0.1, 0.15) is 34.1 Å². The maximum absolute atomic E-state index is 9.82. The van der Waals surface area contributed by atoms with Crippen LogP contribution in [-0.2, 0) is 0 Å². The van der Waals surface area contributed by atoms with E-state index in [0.29, 0.717) is 18.0 Å². The van der Waals surface area contributed by atoms with Gasteiger partial charge < -0.3 is 15.3 Å². The molecule has 1 fully saturated rings. The molecule has 1 heterocycles. The van der Waals surface area contributed by atoms with E-state index < -0.39 is 0 Å². The van der Waals surface area contributed by atoms with Gasteiger partial charge in [0.2, 0.25) is 0 Å². The summed E-state index contributed by atoms with van der Waals surface area (Å²) >= 11 is 0. The van der Waals surface area contributed by atoms with E-state index in [1.807, 2.05) is 0 Å². The second-order valence-electron chi connectivity index (χ2n) is 5.87. The van der Waals surface area contributed by atoms with Gasteiger partial charge in [-0.1, -0.05) is 27.7 Å². The first kappa shape index (κ1) is 12.9. The molecule has 1 atom stereocenters. The Balaban J connectivity index is 2.19. The predicted molar refractivity (Wildman–Crippen MR) is 64.0 cm³/mol. The molecule has 0 radical (unpaired) electrons. The third-order valence-corrected chi connectivity index (χ3v) is 2.99. The average molecular weight is 214 g/mol. The van der Waals surface area contributed by atoms with E-state index >= 15 is 0 Å². The maximum Gasteiger partial charge on any atom is 0.0791 e. The van der Waals surface area contributed by atoms with Gasteiger partial charge in [-0.3, -0.25) is 0 Å². The van der Waals surface area contributed by atoms with Crippen LogP contribution >= 0.6 is 0 Å². The Hall–Kier alpha value is -0.120. The Morgan fingerprint density at radius 1 is 1.40 bits per heavy atom. The zero-order valence-corrected chi connectivity index (χ0v) is 10.6. The minimum atomic E-state index is -0.235. The van der Waals surface area contributed by atoms with Gasteiger partial charge in [0.1, 0.15) is 0 Å². The lowest BCUT2D eigenvalue weighted by molar-refractivity contribution is 0.117. The third kappa shape index (κ3) is 4.96. The Morgan fingerprint density at radius 3 is 2.53 bits per heavy atom. The lowest BCUT2D eigenvalue weighted by Gasteiger charge is -2.23.